The SMILES string of the molecule is CCCCCCCC1(CCCCCCC)c2ccccc2-c2c1c1c(c3c2oc2ccccc23)-c2ccc(N(c3ccc4c(c3)C3(c5ccccc5-c5ccccc53)c3cc5c(cc3-4)C3(c4ccccc4-c4ccccc43)c3ccc4oc6ccccc6c4c3-5)c3ccccn3)cc2C1(CCCCCCC)CCCCCCC. The van der Waals surface area contributed by atoms with Crippen LogP contribution in [-0.4, -0.2) is 4.98 Å². The average Bonchev–Trinajstić information content (AvgIpc) is 1.52. The van der Waals surface area contributed by atoms with E-state index in [1.54, 1.807) is 16.7 Å². The molecule has 21 rings (SSSR count). The number of hydrogen-bond acceptors (Lipinski definition) is 4. The van der Waals surface area contributed by atoms with E-state index < -0.39 is 10.8 Å². The van der Waals surface area contributed by atoms with Crippen molar-refractivity contribution in [2.24, 2.45) is 0 Å². The van der Waals surface area contributed by atoms with E-state index in [0.29, 0.717) is 0 Å². The van der Waals surface area contributed by atoms with Crippen molar-refractivity contribution < 1.29 is 8.83 Å². The largest absolute Gasteiger partial charge is 0.456 e. The Morgan fingerprint density at radius 2 is 0.681 bits per heavy atom. The first-order valence-corrected chi connectivity index (χ1v) is 43.6. The number of rotatable bonds is 27. The lowest BCUT2D eigenvalue weighted by Crippen LogP contribution is -2.33. The molecule has 6 aliphatic rings. The Bertz CT molecular complexity index is 6140. The molecular weight excluding hydrogens is 1370 g/mol. The zero-order valence-electron chi connectivity index (χ0n) is 66.4. The van der Waals surface area contributed by atoms with Crippen molar-refractivity contribution in [3.05, 3.63) is 322 Å². The van der Waals surface area contributed by atoms with Crippen LogP contribution in [0.2, 0.25) is 0 Å². The summed E-state index contributed by atoms with van der Waals surface area (Å²) < 4.78 is 14.6. The molecule has 0 amide bonds. The first kappa shape index (κ1) is 70.1. The molecule has 0 saturated heterocycles. The molecule has 4 heteroatoms. The monoisotopic (exact) mass is 1470 g/mol. The van der Waals surface area contributed by atoms with E-state index in [4.69, 9.17) is 13.8 Å². The van der Waals surface area contributed by atoms with Crippen LogP contribution in [0.5, 0.6) is 0 Å². The summed E-state index contributed by atoms with van der Waals surface area (Å²) in [6, 6.07) is 96.9. The van der Waals surface area contributed by atoms with E-state index in [-0.39, 0.29) is 10.8 Å². The van der Waals surface area contributed by atoms with Crippen LogP contribution in [0.3, 0.4) is 0 Å². The van der Waals surface area contributed by atoms with Gasteiger partial charge in [0, 0.05) is 55.5 Å². The minimum atomic E-state index is -0.702. The van der Waals surface area contributed by atoms with Gasteiger partial charge in [0.05, 0.1) is 10.8 Å². The molecule has 0 radical (unpaired) electrons. The average molecular weight is 1470 g/mol. The van der Waals surface area contributed by atoms with Crippen molar-refractivity contribution in [2.45, 2.75) is 203 Å². The van der Waals surface area contributed by atoms with Gasteiger partial charge in [-0.3, -0.25) is 4.90 Å². The fraction of sp³-hybridized carbons (Fsp3) is 0.294. The highest BCUT2D eigenvalue weighted by molar-refractivity contribution is 6.22. The van der Waals surface area contributed by atoms with Gasteiger partial charge in [-0.15, -0.1) is 0 Å². The summed E-state index contributed by atoms with van der Waals surface area (Å²) in [6.07, 6.45) is 31.4. The number of fused-ring (bicyclic) bond motifs is 36. The van der Waals surface area contributed by atoms with Crippen molar-refractivity contribution in [1.29, 1.82) is 0 Å². The molecule has 12 aromatic carbocycles. The van der Waals surface area contributed by atoms with Crippen molar-refractivity contribution in [2.75, 3.05) is 4.90 Å². The van der Waals surface area contributed by atoms with Crippen LogP contribution in [0.4, 0.5) is 17.2 Å². The molecule has 2 spiro atoms. The quantitative estimate of drug-likeness (QED) is 0.0481. The van der Waals surface area contributed by atoms with E-state index in [2.05, 4.69) is 281 Å². The maximum atomic E-state index is 7.64. The number of furan rings is 2. The van der Waals surface area contributed by atoms with Gasteiger partial charge in [0.25, 0.3) is 0 Å². The van der Waals surface area contributed by atoms with Gasteiger partial charge >= 0.3 is 0 Å². The van der Waals surface area contributed by atoms with E-state index in [1.165, 1.54) is 261 Å². The van der Waals surface area contributed by atoms with Crippen LogP contribution in [-0.2, 0) is 21.7 Å². The van der Waals surface area contributed by atoms with E-state index >= 15 is 0 Å². The Balaban J connectivity index is 0.821. The van der Waals surface area contributed by atoms with Crippen LogP contribution in [0.25, 0.3) is 111 Å². The highest BCUT2D eigenvalue weighted by Crippen LogP contribution is 2.72. The fourth-order valence-corrected chi connectivity index (χ4v) is 23.6. The Labute approximate surface area is 667 Å². The maximum absolute atomic E-state index is 7.64. The molecule has 6 aliphatic carbocycles. The van der Waals surface area contributed by atoms with Gasteiger partial charge in [-0.25, -0.2) is 4.98 Å². The van der Waals surface area contributed by atoms with Gasteiger partial charge in [0.2, 0.25) is 0 Å². The van der Waals surface area contributed by atoms with Gasteiger partial charge in [-0.2, -0.15) is 0 Å². The third kappa shape index (κ3) is 10.1. The number of nitrogens with zero attached hydrogens (tertiary/aromatic N) is 2. The smallest absolute Gasteiger partial charge is 0.144 e. The summed E-state index contributed by atoms with van der Waals surface area (Å²) in [6.45, 7) is 9.49. The number of unbranched alkanes of at least 4 members (excludes halogenated alkanes) is 16. The molecule has 0 saturated carbocycles. The normalized spacial score (nSPS) is 15.0. The Kier molecular flexibility index (Phi) is 17.4. The van der Waals surface area contributed by atoms with Crippen molar-refractivity contribution in [1.82, 2.24) is 4.98 Å². The molecular formula is C109H102N2O2. The lowest BCUT2D eigenvalue weighted by atomic mass is 9.62. The molecule has 3 heterocycles. The molecule has 113 heavy (non-hydrogen) atoms. The van der Waals surface area contributed by atoms with Crippen LogP contribution >= 0.6 is 0 Å². The number of para-hydroxylation sites is 2. The van der Waals surface area contributed by atoms with Crippen molar-refractivity contribution >= 4 is 61.1 Å². The maximum Gasteiger partial charge on any atom is 0.144 e. The molecule has 4 nitrogen and oxygen atoms in total. The minimum absolute atomic E-state index is 0.187. The first-order chi connectivity index (χ1) is 55.9. The summed E-state index contributed by atoms with van der Waals surface area (Å²) in [5.74, 6) is 0.904. The molecule has 0 atom stereocenters. The lowest BCUT2D eigenvalue weighted by molar-refractivity contribution is 0.369. The summed E-state index contributed by atoms with van der Waals surface area (Å²) in [4.78, 5) is 8.05. The van der Waals surface area contributed by atoms with Gasteiger partial charge in [-0.05, 0) is 220 Å². The molecule has 0 aliphatic heterocycles. The summed E-state index contributed by atoms with van der Waals surface area (Å²) in [7, 11) is 0. The predicted molar refractivity (Wildman–Crippen MR) is 472 cm³/mol. The van der Waals surface area contributed by atoms with Crippen LogP contribution in [0.15, 0.2) is 264 Å². The van der Waals surface area contributed by atoms with Gasteiger partial charge in [0.15, 0.2) is 0 Å². The zero-order chi connectivity index (χ0) is 75.6. The van der Waals surface area contributed by atoms with Gasteiger partial charge in [0.1, 0.15) is 28.1 Å². The molecule has 15 aromatic rings. The predicted octanol–water partition coefficient (Wildman–Crippen LogP) is 31.0. The molecule has 3 aromatic heterocycles. The fourth-order valence-electron chi connectivity index (χ4n) is 23.6. The highest BCUT2D eigenvalue weighted by Gasteiger charge is 2.59. The minimum Gasteiger partial charge on any atom is -0.456 e. The van der Waals surface area contributed by atoms with E-state index in [0.717, 1.165) is 70.6 Å². The van der Waals surface area contributed by atoms with E-state index in [1.807, 2.05) is 6.20 Å². The Morgan fingerprint density at radius 1 is 0.274 bits per heavy atom. The number of aromatic nitrogens is 1. The second-order valence-corrected chi connectivity index (χ2v) is 34.2. The van der Waals surface area contributed by atoms with Crippen molar-refractivity contribution in [3.8, 4) is 66.8 Å². The number of pyridine rings is 1. The van der Waals surface area contributed by atoms with Crippen molar-refractivity contribution in [3.63, 3.8) is 0 Å². The zero-order valence-corrected chi connectivity index (χ0v) is 66.4. The standard InChI is InChI=1S/C109H102N2O2/c1-5-9-13-17-36-62-106(63-37-18-14-10-6-2)84-48-28-25-45-78(84)102-104(106)103-100(101-81-47-27-34-54-95(81)113-105(101)102)79-59-57-71(67-90(79)107(103,64-38-19-15-11-7-3)65-39-20-16-12-8-4)111(97-55-35-40-66-110-97)72-56-58-77-82-69-93-83(70-92(82)109(91(77)68-72)87-51-31-23-43-75(87)76-44-24-32-52-88(76)109)98-89(60-61-96-99(98)80-46-26-33-53-94(80)112-96)108(93)85-49-29-21-41-73(85)74-42-22-30-50-86(74)108/h21-35,40-61,66-70H,5-20,36-39,62-65H2,1-4H3. The van der Waals surface area contributed by atoms with E-state index in [9.17, 15) is 0 Å². The molecule has 0 N–H and O–H groups in total. The third-order valence-electron chi connectivity index (χ3n) is 28.3. The van der Waals surface area contributed by atoms with Crippen LogP contribution in [0, 0.1) is 0 Å². The van der Waals surface area contributed by atoms with Crippen LogP contribution in [0.1, 0.15) is 249 Å². The highest BCUT2D eigenvalue weighted by atomic mass is 16.3. The number of benzene rings is 12. The van der Waals surface area contributed by atoms with Gasteiger partial charge in [-0.1, -0.05) is 338 Å². The second kappa shape index (κ2) is 28.1. The third-order valence-corrected chi connectivity index (χ3v) is 28.3. The lowest BCUT2D eigenvalue weighted by Gasteiger charge is -2.40. The number of hydrogen-bond donors (Lipinski definition) is 0. The number of anilines is 3. The molecule has 0 unspecified atom stereocenters. The first-order valence-electron chi connectivity index (χ1n) is 43.6. The second-order valence-electron chi connectivity index (χ2n) is 34.2. The van der Waals surface area contributed by atoms with Crippen LogP contribution < -0.4 is 4.90 Å². The molecule has 0 bridgehead atoms. The topological polar surface area (TPSA) is 42.4 Å². The summed E-state index contributed by atoms with van der Waals surface area (Å²) in [5.41, 5.74) is 37.1. The van der Waals surface area contributed by atoms with Gasteiger partial charge < -0.3 is 8.83 Å². The Hall–Kier alpha value is -10.8. The summed E-state index contributed by atoms with van der Waals surface area (Å²) in [5, 5.41) is 4.88. The molecule has 560 valence electrons. The summed E-state index contributed by atoms with van der Waals surface area (Å²) >= 11 is 0. The Morgan fingerprint density at radius 3 is 1.23 bits per heavy atom. The molecule has 0 fully saturated rings.